The second-order valence-corrected chi connectivity index (χ2v) is 5.77. The average Bonchev–Trinajstić information content (AvgIpc) is 2.36. The predicted molar refractivity (Wildman–Crippen MR) is 81.4 cm³/mol. The lowest BCUT2D eigenvalue weighted by atomic mass is 10.1. The molecule has 0 saturated carbocycles. The number of aromatic nitrogens is 3. The van der Waals surface area contributed by atoms with E-state index in [0.717, 1.165) is 0 Å². The summed E-state index contributed by atoms with van der Waals surface area (Å²) in [7, 11) is 0. The highest BCUT2D eigenvalue weighted by atomic mass is 35.5. The Morgan fingerprint density at radius 3 is 2.36 bits per heavy atom. The second-order valence-electron chi connectivity index (χ2n) is 5.43. The van der Waals surface area contributed by atoms with Gasteiger partial charge in [0.15, 0.2) is 0 Å². The Morgan fingerprint density at radius 2 is 1.82 bits per heavy atom. The van der Waals surface area contributed by atoms with E-state index in [0.29, 0.717) is 11.3 Å². The zero-order chi connectivity index (χ0) is 16.3. The van der Waals surface area contributed by atoms with E-state index >= 15 is 0 Å². The van der Waals surface area contributed by atoms with Crippen molar-refractivity contribution in [2.75, 3.05) is 5.32 Å². The number of hydrogen-bond donors (Lipinski definition) is 2. The lowest BCUT2D eigenvalue weighted by Crippen LogP contribution is -2.23. The topological polar surface area (TPSA) is 97.2 Å². The Hall–Kier alpha value is -2.41. The average molecular weight is 323 g/mol. The summed E-state index contributed by atoms with van der Waals surface area (Å²) in [6.07, 6.45) is 0. The van der Waals surface area contributed by atoms with E-state index < -0.39 is 17.6 Å². The smallest absolute Gasteiger partial charge is 0.338 e. The third-order valence-electron chi connectivity index (χ3n) is 2.37. The van der Waals surface area contributed by atoms with Crippen LogP contribution in [0.4, 0.5) is 11.6 Å². The van der Waals surface area contributed by atoms with Crippen molar-refractivity contribution >= 4 is 29.2 Å². The van der Waals surface area contributed by atoms with Crippen molar-refractivity contribution in [3.8, 4) is 6.01 Å². The molecule has 2 N–H and O–H groups in total. The molecule has 8 heteroatoms. The maximum atomic E-state index is 11.9. The van der Waals surface area contributed by atoms with Crippen molar-refractivity contribution in [2.45, 2.75) is 26.4 Å². The van der Waals surface area contributed by atoms with Gasteiger partial charge in [0, 0.05) is 5.69 Å². The molecule has 0 aliphatic rings. The Balaban J connectivity index is 2.10. The van der Waals surface area contributed by atoms with Crippen molar-refractivity contribution in [3.63, 3.8) is 0 Å². The number of ether oxygens (including phenoxy) is 1. The summed E-state index contributed by atoms with van der Waals surface area (Å²) in [6.45, 7) is 5.41. The molecule has 0 spiro atoms. The number of anilines is 2. The molecular formula is C14H15ClN4O3. The van der Waals surface area contributed by atoms with Gasteiger partial charge in [0.1, 0.15) is 5.60 Å². The van der Waals surface area contributed by atoms with E-state index in [1.807, 2.05) is 0 Å². The van der Waals surface area contributed by atoms with Crippen LogP contribution in [0.25, 0.3) is 0 Å². The van der Waals surface area contributed by atoms with Gasteiger partial charge in [-0.1, -0.05) is 0 Å². The van der Waals surface area contributed by atoms with Gasteiger partial charge in [0.05, 0.1) is 5.56 Å². The minimum Gasteiger partial charge on any atom is -0.479 e. The van der Waals surface area contributed by atoms with Crippen LogP contribution < -0.4 is 5.32 Å². The van der Waals surface area contributed by atoms with Crippen LogP contribution in [0.5, 0.6) is 6.01 Å². The molecule has 0 amide bonds. The van der Waals surface area contributed by atoms with E-state index in [-0.39, 0.29) is 11.2 Å². The van der Waals surface area contributed by atoms with Crippen LogP contribution in [0.1, 0.15) is 31.1 Å². The van der Waals surface area contributed by atoms with Crippen LogP contribution in [0, 0.1) is 0 Å². The van der Waals surface area contributed by atoms with Crippen LogP contribution in [-0.2, 0) is 4.74 Å². The van der Waals surface area contributed by atoms with Gasteiger partial charge in [-0.2, -0.15) is 15.0 Å². The SMILES string of the molecule is CC(C)(C)OC(=O)c1ccc(Nc2nc(O)nc(Cl)n2)cc1. The molecular weight excluding hydrogens is 308 g/mol. The molecule has 0 unspecified atom stereocenters. The fraction of sp³-hybridized carbons (Fsp3) is 0.286. The Kier molecular flexibility index (Phi) is 4.46. The largest absolute Gasteiger partial charge is 0.479 e. The van der Waals surface area contributed by atoms with Crippen molar-refractivity contribution < 1.29 is 14.6 Å². The van der Waals surface area contributed by atoms with Crippen LogP contribution >= 0.6 is 11.6 Å². The highest BCUT2D eigenvalue weighted by Crippen LogP contribution is 2.18. The fourth-order valence-corrected chi connectivity index (χ4v) is 1.71. The maximum Gasteiger partial charge on any atom is 0.338 e. The summed E-state index contributed by atoms with van der Waals surface area (Å²) in [6, 6.07) is 6.06. The third-order valence-corrected chi connectivity index (χ3v) is 2.54. The number of benzene rings is 1. The zero-order valence-electron chi connectivity index (χ0n) is 12.3. The second kappa shape index (κ2) is 6.15. The molecule has 0 saturated heterocycles. The molecule has 0 aliphatic carbocycles. The molecule has 0 fully saturated rings. The first-order valence-electron chi connectivity index (χ1n) is 6.44. The van der Waals surface area contributed by atoms with Gasteiger partial charge in [-0.15, -0.1) is 0 Å². The summed E-state index contributed by atoms with van der Waals surface area (Å²) in [5.41, 5.74) is 0.499. The summed E-state index contributed by atoms with van der Waals surface area (Å²) < 4.78 is 5.27. The highest BCUT2D eigenvalue weighted by Gasteiger charge is 2.17. The highest BCUT2D eigenvalue weighted by molar-refractivity contribution is 6.28. The van der Waals surface area contributed by atoms with Gasteiger partial charge in [-0.3, -0.25) is 0 Å². The molecule has 1 aromatic carbocycles. The number of hydrogen-bond acceptors (Lipinski definition) is 7. The van der Waals surface area contributed by atoms with E-state index in [1.165, 1.54) is 0 Å². The molecule has 2 aromatic rings. The van der Waals surface area contributed by atoms with Crippen LogP contribution in [0.15, 0.2) is 24.3 Å². The molecule has 0 atom stereocenters. The number of carbonyl (C=O) groups is 1. The lowest BCUT2D eigenvalue weighted by molar-refractivity contribution is 0.00696. The first kappa shape index (κ1) is 16.0. The minimum absolute atomic E-state index is 0.0996. The normalized spacial score (nSPS) is 11.1. The number of rotatable bonds is 3. The van der Waals surface area contributed by atoms with Gasteiger partial charge >= 0.3 is 12.0 Å². The summed E-state index contributed by atoms with van der Waals surface area (Å²) in [4.78, 5) is 22.8. The van der Waals surface area contributed by atoms with Gasteiger partial charge in [-0.05, 0) is 56.6 Å². The number of carbonyl (C=O) groups excluding carboxylic acids is 1. The summed E-state index contributed by atoms with van der Waals surface area (Å²) in [5.74, 6) is -0.303. The van der Waals surface area contributed by atoms with Crippen LogP contribution in [0.2, 0.25) is 5.28 Å². The van der Waals surface area contributed by atoms with Crippen molar-refractivity contribution in [2.24, 2.45) is 0 Å². The first-order chi connectivity index (χ1) is 10.2. The van der Waals surface area contributed by atoms with Crippen molar-refractivity contribution in [3.05, 3.63) is 35.1 Å². The van der Waals surface area contributed by atoms with Gasteiger partial charge < -0.3 is 15.2 Å². The third kappa shape index (κ3) is 4.56. The standard InChI is InChI=1S/C14H15ClN4O3/c1-14(2,3)22-10(20)8-4-6-9(7-5-8)16-12-17-11(15)18-13(21)19-12/h4-7H,1-3H3,(H2,16,17,18,19,21). The fourth-order valence-electron chi connectivity index (χ4n) is 1.55. The lowest BCUT2D eigenvalue weighted by Gasteiger charge is -2.19. The van der Waals surface area contributed by atoms with E-state index in [1.54, 1.807) is 45.0 Å². The molecule has 22 heavy (non-hydrogen) atoms. The Bertz CT molecular complexity index is 663. The molecule has 1 aromatic heterocycles. The Labute approximate surface area is 132 Å². The minimum atomic E-state index is -0.548. The van der Waals surface area contributed by atoms with Gasteiger partial charge in [0.25, 0.3) is 0 Å². The van der Waals surface area contributed by atoms with E-state index in [4.69, 9.17) is 16.3 Å². The molecule has 1 heterocycles. The monoisotopic (exact) mass is 322 g/mol. The summed E-state index contributed by atoms with van der Waals surface area (Å²) in [5, 5.41) is 12.0. The maximum absolute atomic E-state index is 11.9. The van der Waals surface area contributed by atoms with Crippen molar-refractivity contribution in [1.82, 2.24) is 15.0 Å². The predicted octanol–water partition coefficient (Wildman–Crippen LogP) is 2.93. The van der Waals surface area contributed by atoms with Crippen molar-refractivity contribution in [1.29, 1.82) is 0 Å². The molecule has 0 radical (unpaired) electrons. The van der Waals surface area contributed by atoms with E-state index in [2.05, 4.69) is 20.3 Å². The molecule has 0 aliphatic heterocycles. The number of nitrogens with one attached hydrogen (secondary N) is 1. The zero-order valence-corrected chi connectivity index (χ0v) is 13.0. The summed E-state index contributed by atoms with van der Waals surface area (Å²) >= 11 is 5.62. The quantitative estimate of drug-likeness (QED) is 0.838. The van der Waals surface area contributed by atoms with E-state index in [9.17, 15) is 9.90 Å². The molecule has 7 nitrogen and oxygen atoms in total. The molecule has 2 rings (SSSR count). The Morgan fingerprint density at radius 1 is 1.18 bits per heavy atom. The molecule has 0 bridgehead atoms. The number of halogens is 1. The van der Waals surface area contributed by atoms with Gasteiger partial charge in [-0.25, -0.2) is 4.79 Å². The number of aromatic hydroxyl groups is 1. The van der Waals surface area contributed by atoms with Gasteiger partial charge in [0.2, 0.25) is 11.2 Å². The molecule has 116 valence electrons. The number of nitrogens with zero attached hydrogens (tertiary/aromatic N) is 3. The van der Waals surface area contributed by atoms with Crippen LogP contribution in [-0.4, -0.2) is 31.6 Å². The first-order valence-corrected chi connectivity index (χ1v) is 6.82. The van der Waals surface area contributed by atoms with Crippen LogP contribution in [0.3, 0.4) is 0 Å². The number of esters is 1.